The number of halogens is 2. The highest BCUT2D eigenvalue weighted by molar-refractivity contribution is 6.34. The molecular weight excluding hydrogens is 325 g/mol. The lowest BCUT2D eigenvalue weighted by molar-refractivity contribution is 0.102. The standard InChI is InChI=1S/C14H9Cl2N5O/c15-10-3-1-9(2-4-10)14(22)18-13-7-11(5-6-12(13)16)21-8-17-19-20-21/h1-8H,(H,18,22). The maximum Gasteiger partial charge on any atom is 0.255 e. The van der Waals surface area contributed by atoms with Crippen molar-refractivity contribution in [3.63, 3.8) is 0 Å². The average Bonchev–Trinajstić information content (AvgIpc) is 3.04. The van der Waals surface area contributed by atoms with Crippen molar-refractivity contribution in [1.82, 2.24) is 20.2 Å². The zero-order valence-corrected chi connectivity index (χ0v) is 12.6. The maximum absolute atomic E-state index is 12.2. The summed E-state index contributed by atoms with van der Waals surface area (Å²) in [7, 11) is 0. The Balaban J connectivity index is 1.87. The number of rotatable bonds is 3. The van der Waals surface area contributed by atoms with Gasteiger partial charge in [-0.25, -0.2) is 4.68 Å². The topological polar surface area (TPSA) is 72.7 Å². The molecule has 0 saturated heterocycles. The van der Waals surface area contributed by atoms with E-state index in [1.54, 1.807) is 42.5 Å². The summed E-state index contributed by atoms with van der Waals surface area (Å²) >= 11 is 11.9. The van der Waals surface area contributed by atoms with E-state index in [1.807, 2.05) is 0 Å². The Hall–Kier alpha value is -2.44. The van der Waals surface area contributed by atoms with Crippen LogP contribution in [-0.2, 0) is 0 Å². The summed E-state index contributed by atoms with van der Waals surface area (Å²) in [4.78, 5) is 12.2. The molecule has 0 atom stereocenters. The minimum atomic E-state index is -0.285. The third-order valence-electron chi connectivity index (χ3n) is 2.92. The number of hydrogen-bond acceptors (Lipinski definition) is 4. The van der Waals surface area contributed by atoms with Gasteiger partial charge in [0.2, 0.25) is 0 Å². The van der Waals surface area contributed by atoms with Crippen molar-refractivity contribution in [2.24, 2.45) is 0 Å². The van der Waals surface area contributed by atoms with Crippen LogP contribution in [0.15, 0.2) is 48.8 Å². The second-order valence-electron chi connectivity index (χ2n) is 4.38. The van der Waals surface area contributed by atoms with Gasteiger partial charge in [0, 0.05) is 10.6 Å². The zero-order chi connectivity index (χ0) is 15.5. The molecule has 6 nitrogen and oxygen atoms in total. The van der Waals surface area contributed by atoms with E-state index in [2.05, 4.69) is 20.8 Å². The molecule has 0 aliphatic heterocycles. The minimum absolute atomic E-state index is 0.285. The van der Waals surface area contributed by atoms with Crippen molar-refractivity contribution in [2.75, 3.05) is 5.32 Å². The van der Waals surface area contributed by atoms with Crippen LogP contribution in [0.1, 0.15) is 10.4 Å². The van der Waals surface area contributed by atoms with Crippen molar-refractivity contribution >= 4 is 34.8 Å². The summed E-state index contributed by atoms with van der Waals surface area (Å²) in [6.45, 7) is 0. The predicted octanol–water partition coefficient (Wildman–Crippen LogP) is 3.22. The second-order valence-corrected chi connectivity index (χ2v) is 5.22. The van der Waals surface area contributed by atoms with Gasteiger partial charge in [-0.2, -0.15) is 0 Å². The SMILES string of the molecule is O=C(Nc1cc(-n2cnnn2)ccc1Cl)c1ccc(Cl)cc1. The lowest BCUT2D eigenvalue weighted by Gasteiger charge is -2.09. The molecule has 1 N–H and O–H groups in total. The van der Waals surface area contributed by atoms with Crippen molar-refractivity contribution in [3.8, 4) is 5.69 Å². The first-order valence-corrected chi connectivity index (χ1v) is 6.99. The van der Waals surface area contributed by atoms with Crippen LogP contribution in [0, 0.1) is 0 Å². The molecule has 0 bridgehead atoms. The fourth-order valence-electron chi connectivity index (χ4n) is 1.83. The molecule has 0 aliphatic carbocycles. The van der Waals surface area contributed by atoms with Gasteiger partial charge in [-0.15, -0.1) is 5.10 Å². The molecule has 0 radical (unpaired) electrons. The largest absolute Gasteiger partial charge is 0.321 e. The van der Waals surface area contributed by atoms with E-state index in [4.69, 9.17) is 23.2 Å². The van der Waals surface area contributed by atoms with Gasteiger partial charge in [0.05, 0.1) is 16.4 Å². The second kappa shape index (κ2) is 6.13. The molecule has 8 heteroatoms. The third-order valence-corrected chi connectivity index (χ3v) is 3.50. The van der Waals surface area contributed by atoms with Crippen molar-refractivity contribution in [1.29, 1.82) is 0 Å². The van der Waals surface area contributed by atoms with Crippen molar-refractivity contribution < 1.29 is 4.79 Å². The molecule has 2 aromatic carbocycles. The number of hydrogen-bond donors (Lipinski definition) is 1. The molecule has 0 saturated carbocycles. The summed E-state index contributed by atoms with van der Waals surface area (Å²) in [6.07, 6.45) is 1.45. The van der Waals surface area contributed by atoms with E-state index in [-0.39, 0.29) is 5.91 Å². The molecule has 22 heavy (non-hydrogen) atoms. The van der Waals surface area contributed by atoms with Gasteiger partial charge in [-0.1, -0.05) is 23.2 Å². The lowest BCUT2D eigenvalue weighted by Crippen LogP contribution is -2.12. The molecule has 1 amide bonds. The van der Waals surface area contributed by atoms with Gasteiger partial charge in [0.15, 0.2) is 0 Å². The fraction of sp³-hybridized carbons (Fsp3) is 0. The van der Waals surface area contributed by atoms with E-state index in [1.165, 1.54) is 11.0 Å². The van der Waals surface area contributed by atoms with Crippen LogP contribution in [-0.4, -0.2) is 26.1 Å². The summed E-state index contributed by atoms with van der Waals surface area (Å²) < 4.78 is 1.47. The van der Waals surface area contributed by atoms with Gasteiger partial charge in [-0.05, 0) is 52.9 Å². The van der Waals surface area contributed by atoms with E-state index in [0.29, 0.717) is 27.0 Å². The Morgan fingerprint density at radius 1 is 1.09 bits per heavy atom. The molecule has 0 unspecified atom stereocenters. The van der Waals surface area contributed by atoms with Gasteiger partial charge >= 0.3 is 0 Å². The summed E-state index contributed by atoms with van der Waals surface area (Å²) in [6, 6.07) is 11.7. The van der Waals surface area contributed by atoms with Crippen LogP contribution in [0.4, 0.5) is 5.69 Å². The van der Waals surface area contributed by atoms with Crippen LogP contribution in [0.2, 0.25) is 10.0 Å². The van der Waals surface area contributed by atoms with Gasteiger partial charge < -0.3 is 5.32 Å². The van der Waals surface area contributed by atoms with Gasteiger partial charge in [0.25, 0.3) is 5.91 Å². The molecule has 1 heterocycles. The zero-order valence-electron chi connectivity index (χ0n) is 11.1. The summed E-state index contributed by atoms with van der Waals surface area (Å²) in [5.74, 6) is -0.285. The number of carbonyl (C=O) groups is 1. The van der Waals surface area contributed by atoms with Gasteiger partial charge in [0.1, 0.15) is 6.33 Å². The quantitative estimate of drug-likeness (QED) is 0.798. The van der Waals surface area contributed by atoms with Crippen LogP contribution in [0.25, 0.3) is 5.69 Å². The predicted molar refractivity (Wildman–Crippen MR) is 83.6 cm³/mol. The molecule has 3 aromatic rings. The summed E-state index contributed by atoms with van der Waals surface area (Å²) in [5, 5.41) is 14.7. The number of amides is 1. The fourth-order valence-corrected chi connectivity index (χ4v) is 2.12. The first kappa shape index (κ1) is 14.5. The van der Waals surface area contributed by atoms with E-state index >= 15 is 0 Å². The number of anilines is 1. The molecule has 0 spiro atoms. The number of tetrazole rings is 1. The maximum atomic E-state index is 12.2. The highest BCUT2D eigenvalue weighted by atomic mass is 35.5. The van der Waals surface area contributed by atoms with E-state index in [0.717, 1.165) is 0 Å². The minimum Gasteiger partial charge on any atom is -0.321 e. The van der Waals surface area contributed by atoms with Crippen molar-refractivity contribution in [2.45, 2.75) is 0 Å². The highest BCUT2D eigenvalue weighted by Crippen LogP contribution is 2.25. The highest BCUT2D eigenvalue weighted by Gasteiger charge is 2.10. The van der Waals surface area contributed by atoms with Crippen LogP contribution >= 0.6 is 23.2 Å². The summed E-state index contributed by atoms with van der Waals surface area (Å²) in [5.41, 5.74) is 1.63. The van der Waals surface area contributed by atoms with Crippen molar-refractivity contribution in [3.05, 3.63) is 64.4 Å². The Labute approximate surface area is 135 Å². The molecular formula is C14H9Cl2N5O. The number of aromatic nitrogens is 4. The normalized spacial score (nSPS) is 10.5. The number of nitrogens with one attached hydrogen (secondary N) is 1. The smallest absolute Gasteiger partial charge is 0.255 e. The lowest BCUT2D eigenvalue weighted by atomic mass is 10.2. The Bertz CT molecular complexity index is 803. The Morgan fingerprint density at radius 3 is 2.55 bits per heavy atom. The first-order chi connectivity index (χ1) is 10.6. The van der Waals surface area contributed by atoms with E-state index in [9.17, 15) is 4.79 Å². The number of nitrogens with zero attached hydrogens (tertiary/aromatic N) is 4. The molecule has 3 rings (SSSR count). The Morgan fingerprint density at radius 2 is 1.86 bits per heavy atom. The molecule has 0 aliphatic rings. The van der Waals surface area contributed by atoms with Gasteiger partial charge in [-0.3, -0.25) is 4.79 Å². The molecule has 1 aromatic heterocycles. The number of carbonyl (C=O) groups excluding carboxylic acids is 1. The third kappa shape index (κ3) is 3.08. The average molecular weight is 334 g/mol. The Kier molecular flexibility index (Phi) is 4.04. The number of benzene rings is 2. The molecule has 110 valence electrons. The molecule has 0 fully saturated rings. The monoisotopic (exact) mass is 333 g/mol. The van der Waals surface area contributed by atoms with E-state index < -0.39 is 0 Å². The van der Waals surface area contributed by atoms with Crippen LogP contribution in [0.5, 0.6) is 0 Å². The first-order valence-electron chi connectivity index (χ1n) is 6.23. The van der Waals surface area contributed by atoms with Crippen LogP contribution < -0.4 is 5.32 Å². The van der Waals surface area contributed by atoms with Crippen LogP contribution in [0.3, 0.4) is 0 Å².